The Morgan fingerprint density at radius 3 is 2.18 bits per heavy atom. The van der Waals surface area contributed by atoms with Crippen LogP contribution in [0.15, 0.2) is 57.6 Å². The highest BCUT2D eigenvalue weighted by Gasteiger charge is 2.19. The molecule has 0 aliphatic heterocycles. The molecule has 0 amide bonds. The molecule has 0 bridgehead atoms. The predicted molar refractivity (Wildman–Crippen MR) is 110 cm³/mol. The van der Waals surface area contributed by atoms with Crippen LogP contribution in [-0.4, -0.2) is 29.7 Å². The van der Waals surface area contributed by atoms with Crippen LogP contribution in [0.25, 0.3) is 16.2 Å². The minimum absolute atomic E-state index is 0.293. The van der Waals surface area contributed by atoms with Crippen LogP contribution in [0.4, 0.5) is 0 Å². The average molecular weight is 418 g/mol. The molecule has 3 rings (SSSR count). The molecule has 0 N–H and O–H groups in total. The molecule has 2 aromatic carbocycles. The quantitative estimate of drug-likeness (QED) is 0.607. The molecule has 3 aromatic rings. The van der Waals surface area contributed by atoms with Gasteiger partial charge in [0.1, 0.15) is 22.1 Å². The van der Waals surface area contributed by atoms with E-state index in [2.05, 4.69) is 0 Å². The van der Waals surface area contributed by atoms with Crippen molar-refractivity contribution in [2.75, 3.05) is 21.3 Å². The summed E-state index contributed by atoms with van der Waals surface area (Å²) >= 11 is 0.836. The molecule has 1 aromatic heterocycles. The highest BCUT2D eigenvalue weighted by Crippen LogP contribution is 2.33. The molecule has 146 valence electrons. The van der Waals surface area contributed by atoms with Gasteiger partial charge in [-0.2, -0.15) is 0 Å². The van der Waals surface area contributed by atoms with Gasteiger partial charge in [0.05, 0.1) is 21.3 Å². The van der Waals surface area contributed by atoms with Gasteiger partial charge in [-0.05, 0) is 35.9 Å². The van der Waals surface area contributed by atoms with Crippen LogP contribution < -0.4 is 19.0 Å². The van der Waals surface area contributed by atoms with Crippen molar-refractivity contribution in [3.8, 4) is 17.2 Å². The summed E-state index contributed by atoms with van der Waals surface area (Å²) in [5.74, 6) is 1.62. The molecule has 1 heterocycles. The molecule has 6 nitrogen and oxygen atoms in total. The molecule has 0 saturated heterocycles. The standard InChI is InChI=1S/C20H18O6S2/c1-24-14-6-4-13(5-7-14)8-9-28(22,23)19-12-16-17(26-3)10-15(25-2)11-18(16)27-20(19)21/h4-12H,1-3H3/b9-8-. The maximum absolute atomic E-state index is 12.7. The normalized spacial score (nSPS) is 11.7. The lowest BCUT2D eigenvalue weighted by Crippen LogP contribution is -2.09. The minimum Gasteiger partial charge on any atom is -0.497 e. The lowest BCUT2D eigenvalue weighted by Gasteiger charge is -2.09. The smallest absolute Gasteiger partial charge is 0.251 e. The Bertz CT molecular complexity index is 1190. The van der Waals surface area contributed by atoms with Crippen molar-refractivity contribution in [2.24, 2.45) is 0 Å². The number of ether oxygens (including phenoxy) is 3. The molecule has 0 unspecified atom stereocenters. The molecule has 0 aliphatic carbocycles. The third kappa shape index (κ3) is 4.02. The van der Waals surface area contributed by atoms with E-state index < -0.39 is 14.6 Å². The van der Waals surface area contributed by atoms with Crippen LogP contribution in [-0.2, 0) is 9.84 Å². The lowest BCUT2D eigenvalue weighted by molar-refractivity contribution is 0.398. The van der Waals surface area contributed by atoms with E-state index in [1.165, 1.54) is 26.4 Å². The number of methoxy groups -OCH3 is 3. The molecular weight excluding hydrogens is 400 g/mol. The first-order valence-electron chi connectivity index (χ1n) is 8.15. The van der Waals surface area contributed by atoms with Gasteiger partial charge in [-0.15, -0.1) is 0 Å². The van der Waals surface area contributed by atoms with Crippen LogP contribution in [0.2, 0.25) is 0 Å². The highest BCUT2D eigenvalue weighted by molar-refractivity contribution is 7.94. The summed E-state index contributed by atoms with van der Waals surface area (Å²) in [6.45, 7) is 0. The van der Waals surface area contributed by atoms with Crippen molar-refractivity contribution in [2.45, 2.75) is 4.90 Å². The Balaban J connectivity index is 2.06. The molecule has 0 fully saturated rings. The van der Waals surface area contributed by atoms with Crippen molar-refractivity contribution in [3.05, 3.63) is 63.0 Å². The monoisotopic (exact) mass is 418 g/mol. The molecule has 8 heteroatoms. The summed E-state index contributed by atoms with van der Waals surface area (Å²) < 4.78 is 41.1. The molecule has 0 radical (unpaired) electrons. The van der Waals surface area contributed by atoms with Gasteiger partial charge in [0.2, 0.25) is 9.84 Å². The topological polar surface area (TPSA) is 78.9 Å². The third-order valence-corrected chi connectivity index (χ3v) is 6.58. The second kappa shape index (κ2) is 8.04. The zero-order chi connectivity index (χ0) is 20.3. The van der Waals surface area contributed by atoms with Gasteiger partial charge < -0.3 is 14.2 Å². The van der Waals surface area contributed by atoms with E-state index in [1.54, 1.807) is 43.5 Å². The fourth-order valence-corrected chi connectivity index (χ4v) is 4.86. The lowest BCUT2D eigenvalue weighted by atomic mass is 10.2. The molecular formula is C20H18O6S2. The highest BCUT2D eigenvalue weighted by atomic mass is 32.2. The van der Waals surface area contributed by atoms with Gasteiger partial charge in [0.25, 0.3) is 4.74 Å². The number of hydrogen-bond acceptors (Lipinski definition) is 7. The van der Waals surface area contributed by atoms with E-state index in [-0.39, 0.29) is 4.90 Å². The van der Waals surface area contributed by atoms with Crippen molar-refractivity contribution < 1.29 is 22.6 Å². The maximum Gasteiger partial charge on any atom is 0.251 e. The van der Waals surface area contributed by atoms with Crippen LogP contribution in [0, 0.1) is 0 Å². The summed E-state index contributed by atoms with van der Waals surface area (Å²) in [6, 6.07) is 11.6. The number of sulfone groups is 1. The van der Waals surface area contributed by atoms with Gasteiger partial charge in [-0.3, -0.25) is 4.79 Å². The first-order valence-corrected chi connectivity index (χ1v) is 10.5. The fourth-order valence-electron chi connectivity index (χ4n) is 2.59. The average Bonchev–Trinajstić information content (AvgIpc) is 2.71. The molecule has 28 heavy (non-hydrogen) atoms. The van der Waals surface area contributed by atoms with E-state index in [4.69, 9.17) is 14.2 Å². The van der Waals surface area contributed by atoms with Crippen LogP contribution in [0.1, 0.15) is 5.56 Å². The molecule has 0 saturated carbocycles. The van der Waals surface area contributed by atoms with E-state index in [0.717, 1.165) is 16.7 Å². The summed E-state index contributed by atoms with van der Waals surface area (Å²) in [5.41, 5.74) is 0.670. The fraction of sp³-hybridized carbons (Fsp3) is 0.150. The zero-order valence-corrected chi connectivity index (χ0v) is 17.1. The number of hydrogen-bond donors (Lipinski definition) is 0. The Labute approximate surface area is 166 Å². The summed E-state index contributed by atoms with van der Waals surface area (Å²) in [4.78, 5) is 12.2. The summed E-state index contributed by atoms with van der Waals surface area (Å²) in [5, 5.41) is 1.56. The first-order chi connectivity index (χ1) is 13.4. The zero-order valence-electron chi connectivity index (χ0n) is 15.5. The van der Waals surface area contributed by atoms with Gasteiger partial charge in [-0.25, -0.2) is 8.42 Å². The van der Waals surface area contributed by atoms with E-state index >= 15 is 0 Å². The molecule has 0 spiro atoms. The maximum atomic E-state index is 12.7. The van der Waals surface area contributed by atoms with Crippen LogP contribution >= 0.6 is 11.3 Å². The summed E-state index contributed by atoms with van der Waals surface area (Å²) in [7, 11) is 0.594. The first kappa shape index (κ1) is 19.9. The summed E-state index contributed by atoms with van der Waals surface area (Å²) in [6.07, 6.45) is 1.44. The second-order valence-electron chi connectivity index (χ2n) is 5.76. The van der Waals surface area contributed by atoms with Gasteiger partial charge in [-0.1, -0.05) is 23.5 Å². The second-order valence-corrected chi connectivity index (χ2v) is 8.58. The molecule has 0 atom stereocenters. The Hall–Kier alpha value is -2.84. The van der Waals surface area contributed by atoms with Crippen LogP contribution in [0.3, 0.4) is 0 Å². The third-order valence-electron chi connectivity index (χ3n) is 4.07. The Morgan fingerprint density at radius 2 is 1.57 bits per heavy atom. The van der Waals surface area contributed by atoms with Gasteiger partial charge in [0, 0.05) is 21.6 Å². The largest absolute Gasteiger partial charge is 0.497 e. The number of fused-ring (bicyclic) bond motifs is 1. The van der Waals surface area contributed by atoms with Gasteiger partial charge >= 0.3 is 0 Å². The van der Waals surface area contributed by atoms with Crippen molar-refractivity contribution in [3.63, 3.8) is 0 Å². The van der Waals surface area contributed by atoms with Crippen molar-refractivity contribution in [1.29, 1.82) is 0 Å². The minimum atomic E-state index is -3.94. The number of rotatable bonds is 6. The molecule has 0 aliphatic rings. The van der Waals surface area contributed by atoms with E-state index in [9.17, 15) is 13.2 Å². The Kier molecular flexibility index (Phi) is 5.71. The van der Waals surface area contributed by atoms with Crippen LogP contribution in [0.5, 0.6) is 17.2 Å². The van der Waals surface area contributed by atoms with Gasteiger partial charge in [0.15, 0.2) is 0 Å². The van der Waals surface area contributed by atoms with E-state index in [0.29, 0.717) is 32.9 Å². The van der Waals surface area contributed by atoms with Crippen molar-refractivity contribution in [1.82, 2.24) is 0 Å². The number of benzene rings is 2. The van der Waals surface area contributed by atoms with E-state index in [1.807, 2.05) is 0 Å². The Morgan fingerprint density at radius 1 is 0.893 bits per heavy atom. The SMILES string of the molecule is COc1ccc(/C=C\S(=O)(=O)c2cc3c(OC)cc(OC)cc3sc2=O)cc1. The van der Waals surface area contributed by atoms with Crippen molar-refractivity contribution >= 4 is 37.3 Å². The predicted octanol–water partition coefficient (Wildman–Crippen LogP) is 3.73.